The van der Waals surface area contributed by atoms with Crippen molar-refractivity contribution < 1.29 is 4.74 Å². The standard InChI is InChI=1S/C20H23N5O/c1-13-11-25(12-14(2)26-13)20-10-22-9-19(24-20)15-3-4-16-8-23-18(7-21)6-17(16)5-15/h3-6,8-10,13-14H,7,11-12,21H2,1-2H3/t13-,14+. The van der Waals surface area contributed by atoms with Crippen molar-refractivity contribution in [1.82, 2.24) is 15.0 Å². The quantitative estimate of drug-likeness (QED) is 0.783. The monoisotopic (exact) mass is 349 g/mol. The Morgan fingerprint density at radius 1 is 1.08 bits per heavy atom. The molecule has 0 aliphatic carbocycles. The van der Waals surface area contributed by atoms with Crippen LogP contribution in [0.15, 0.2) is 42.9 Å². The zero-order valence-electron chi connectivity index (χ0n) is 15.1. The van der Waals surface area contributed by atoms with E-state index in [9.17, 15) is 0 Å². The van der Waals surface area contributed by atoms with E-state index in [1.54, 1.807) is 0 Å². The van der Waals surface area contributed by atoms with E-state index >= 15 is 0 Å². The van der Waals surface area contributed by atoms with Gasteiger partial charge in [-0.2, -0.15) is 0 Å². The number of anilines is 1. The maximum Gasteiger partial charge on any atom is 0.147 e. The Morgan fingerprint density at radius 2 is 1.88 bits per heavy atom. The molecule has 0 spiro atoms. The lowest BCUT2D eigenvalue weighted by atomic mass is 10.1. The van der Waals surface area contributed by atoms with E-state index in [1.165, 1.54) is 0 Å². The third-order valence-electron chi connectivity index (χ3n) is 4.65. The first-order valence-corrected chi connectivity index (χ1v) is 8.94. The molecule has 3 aromatic rings. The molecule has 6 nitrogen and oxygen atoms in total. The number of aromatic nitrogens is 3. The van der Waals surface area contributed by atoms with E-state index in [0.717, 1.165) is 46.6 Å². The summed E-state index contributed by atoms with van der Waals surface area (Å²) in [6.07, 6.45) is 5.87. The number of ether oxygens (including phenoxy) is 1. The molecule has 0 saturated carbocycles. The van der Waals surface area contributed by atoms with Gasteiger partial charge in [0, 0.05) is 36.8 Å². The van der Waals surface area contributed by atoms with Crippen LogP contribution < -0.4 is 10.6 Å². The highest BCUT2D eigenvalue weighted by atomic mass is 16.5. The number of nitrogens with zero attached hydrogens (tertiary/aromatic N) is 4. The van der Waals surface area contributed by atoms with Crippen molar-refractivity contribution in [3.05, 3.63) is 48.5 Å². The molecule has 1 aliphatic heterocycles. The number of morpholine rings is 1. The number of hydrogen-bond donors (Lipinski definition) is 1. The molecule has 2 atom stereocenters. The summed E-state index contributed by atoms with van der Waals surface area (Å²) in [4.78, 5) is 15.9. The molecule has 0 amide bonds. The van der Waals surface area contributed by atoms with E-state index in [2.05, 4.69) is 46.9 Å². The van der Waals surface area contributed by atoms with Crippen LogP contribution in [0.3, 0.4) is 0 Å². The summed E-state index contributed by atoms with van der Waals surface area (Å²) in [6.45, 7) is 6.26. The SMILES string of the molecule is C[C@@H]1CN(c2cncc(-c3ccc4cnc(CN)cc4c3)n2)C[C@H](C)O1. The summed E-state index contributed by atoms with van der Waals surface area (Å²) in [6, 6.07) is 8.27. The molecule has 0 radical (unpaired) electrons. The zero-order chi connectivity index (χ0) is 18.1. The Labute approximate surface area is 153 Å². The van der Waals surface area contributed by atoms with E-state index in [4.69, 9.17) is 15.5 Å². The third-order valence-corrected chi connectivity index (χ3v) is 4.65. The molecule has 1 fully saturated rings. The molecule has 1 aromatic carbocycles. The molecule has 2 N–H and O–H groups in total. The topological polar surface area (TPSA) is 77.2 Å². The van der Waals surface area contributed by atoms with Crippen LogP contribution in [-0.2, 0) is 11.3 Å². The fourth-order valence-corrected chi connectivity index (χ4v) is 3.47. The summed E-state index contributed by atoms with van der Waals surface area (Å²) in [5.41, 5.74) is 8.50. The number of benzene rings is 1. The maximum absolute atomic E-state index is 5.82. The highest BCUT2D eigenvalue weighted by Gasteiger charge is 2.23. The first-order valence-electron chi connectivity index (χ1n) is 8.94. The van der Waals surface area contributed by atoms with Gasteiger partial charge in [-0.15, -0.1) is 0 Å². The average molecular weight is 349 g/mol. The minimum atomic E-state index is 0.187. The van der Waals surface area contributed by atoms with Gasteiger partial charge in [0.25, 0.3) is 0 Å². The van der Waals surface area contributed by atoms with Crippen molar-refractivity contribution in [3.8, 4) is 11.3 Å². The van der Waals surface area contributed by atoms with Crippen LogP contribution in [0.5, 0.6) is 0 Å². The number of nitrogens with two attached hydrogens (primary N) is 1. The Balaban J connectivity index is 1.68. The molecule has 1 aliphatic rings. The van der Waals surface area contributed by atoms with Gasteiger partial charge in [-0.3, -0.25) is 9.97 Å². The van der Waals surface area contributed by atoms with Crippen LogP contribution >= 0.6 is 0 Å². The lowest BCUT2D eigenvalue weighted by Gasteiger charge is -2.35. The maximum atomic E-state index is 5.82. The van der Waals surface area contributed by atoms with Gasteiger partial charge >= 0.3 is 0 Å². The number of fused-ring (bicyclic) bond motifs is 1. The van der Waals surface area contributed by atoms with E-state index in [1.807, 2.05) is 24.7 Å². The molecule has 1 saturated heterocycles. The molecule has 134 valence electrons. The molecular formula is C20H23N5O. The van der Waals surface area contributed by atoms with Crippen molar-refractivity contribution in [3.63, 3.8) is 0 Å². The predicted molar refractivity (Wildman–Crippen MR) is 103 cm³/mol. The summed E-state index contributed by atoms with van der Waals surface area (Å²) < 4.78 is 5.82. The predicted octanol–water partition coefficient (Wildman–Crippen LogP) is 2.76. The van der Waals surface area contributed by atoms with Crippen LogP contribution in [0.25, 0.3) is 22.0 Å². The Kier molecular flexibility index (Phi) is 4.53. The molecule has 4 rings (SSSR count). The molecular weight excluding hydrogens is 326 g/mol. The van der Waals surface area contributed by atoms with Gasteiger partial charge in [0.15, 0.2) is 0 Å². The summed E-state index contributed by atoms with van der Waals surface area (Å²) >= 11 is 0. The number of rotatable bonds is 3. The summed E-state index contributed by atoms with van der Waals surface area (Å²) in [5, 5.41) is 2.20. The second-order valence-corrected chi connectivity index (χ2v) is 6.87. The molecule has 2 aromatic heterocycles. The van der Waals surface area contributed by atoms with Gasteiger partial charge in [-0.05, 0) is 31.4 Å². The highest BCUT2D eigenvalue weighted by Crippen LogP contribution is 2.25. The van der Waals surface area contributed by atoms with Gasteiger partial charge in [0.05, 0.1) is 36.0 Å². The minimum absolute atomic E-state index is 0.187. The van der Waals surface area contributed by atoms with Gasteiger partial charge in [0.2, 0.25) is 0 Å². The lowest BCUT2D eigenvalue weighted by Crippen LogP contribution is -2.45. The smallest absolute Gasteiger partial charge is 0.147 e. The van der Waals surface area contributed by atoms with Crippen LogP contribution in [0.2, 0.25) is 0 Å². The fourth-order valence-electron chi connectivity index (χ4n) is 3.47. The van der Waals surface area contributed by atoms with Crippen molar-refractivity contribution in [1.29, 1.82) is 0 Å². The van der Waals surface area contributed by atoms with Crippen LogP contribution in [0, 0.1) is 0 Å². The highest BCUT2D eigenvalue weighted by molar-refractivity contribution is 5.86. The molecule has 0 bridgehead atoms. The van der Waals surface area contributed by atoms with E-state index in [0.29, 0.717) is 6.54 Å². The Bertz CT molecular complexity index is 919. The first kappa shape index (κ1) is 16.9. The Hall–Kier alpha value is -2.57. The second kappa shape index (κ2) is 6.97. The lowest BCUT2D eigenvalue weighted by molar-refractivity contribution is -0.00547. The van der Waals surface area contributed by atoms with Crippen LogP contribution in [0.4, 0.5) is 5.82 Å². The van der Waals surface area contributed by atoms with Gasteiger partial charge in [0.1, 0.15) is 5.82 Å². The summed E-state index contributed by atoms with van der Waals surface area (Å²) in [7, 11) is 0. The van der Waals surface area contributed by atoms with Gasteiger partial charge < -0.3 is 15.4 Å². The Morgan fingerprint density at radius 3 is 2.65 bits per heavy atom. The van der Waals surface area contributed by atoms with Crippen LogP contribution in [-0.4, -0.2) is 40.2 Å². The largest absolute Gasteiger partial charge is 0.372 e. The molecule has 26 heavy (non-hydrogen) atoms. The second-order valence-electron chi connectivity index (χ2n) is 6.87. The fraction of sp³-hybridized carbons (Fsp3) is 0.350. The van der Waals surface area contributed by atoms with E-state index in [-0.39, 0.29) is 12.2 Å². The van der Waals surface area contributed by atoms with Crippen LogP contribution in [0.1, 0.15) is 19.5 Å². The normalized spacial score (nSPS) is 20.5. The average Bonchev–Trinajstić information content (AvgIpc) is 2.66. The first-order chi connectivity index (χ1) is 12.6. The van der Waals surface area contributed by atoms with Crippen molar-refractivity contribution in [2.75, 3.05) is 18.0 Å². The summed E-state index contributed by atoms with van der Waals surface area (Å²) in [5.74, 6) is 0.891. The van der Waals surface area contributed by atoms with Gasteiger partial charge in [-0.1, -0.05) is 12.1 Å². The molecule has 6 heteroatoms. The van der Waals surface area contributed by atoms with E-state index < -0.39 is 0 Å². The van der Waals surface area contributed by atoms with Crippen molar-refractivity contribution in [2.45, 2.75) is 32.6 Å². The number of pyridine rings is 1. The minimum Gasteiger partial charge on any atom is -0.372 e. The van der Waals surface area contributed by atoms with Crippen molar-refractivity contribution in [2.24, 2.45) is 5.73 Å². The third kappa shape index (κ3) is 3.38. The molecule has 0 unspecified atom stereocenters. The van der Waals surface area contributed by atoms with Crippen molar-refractivity contribution >= 4 is 16.6 Å². The number of hydrogen-bond acceptors (Lipinski definition) is 6. The zero-order valence-corrected chi connectivity index (χ0v) is 15.1. The molecule has 3 heterocycles. The van der Waals surface area contributed by atoms with Gasteiger partial charge in [-0.25, -0.2) is 4.98 Å².